The Morgan fingerprint density at radius 2 is 1.81 bits per heavy atom. The van der Waals surface area contributed by atoms with Crippen LogP contribution in [-0.2, 0) is 6.18 Å². The average Bonchev–Trinajstić information content (AvgIpc) is 2.66. The van der Waals surface area contributed by atoms with E-state index in [1.807, 2.05) is 13.8 Å². The Morgan fingerprint density at radius 1 is 1.14 bits per heavy atom. The number of nitrogens with zero attached hydrogens (tertiary/aromatic N) is 2. The highest BCUT2D eigenvalue weighted by atomic mass is 32.1. The van der Waals surface area contributed by atoms with Crippen molar-refractivity contribution in [2.24, 2.45) is 0 Å². The Labute approximate surface area is 123 Å². The molecule has 2 heterocycles. The molecule has 8 heteroatoms. The van der Waals surface area contributed by atoms with Crippen molar-refractivity contribution in [1.82, 2.24) is 9.97 Å². The molecular formula is C13H12F3N3OS. The second-order valence-corrected chi connectivity index (χ2v) is 5.65. The van der Waals surface area contributed by atoms with Crippen LogP contribution in [0.25, 0.3) is 0 Å². The van der Waals surface area contributed by atoms with E-state index in [-0.39, 0.29) is 11.3 Å². The first-order valence-corrected chi connectivity index (χ1v) is 6.80. The van der Waals surface area contributed by atoms with E-state index in [4.69, 9.17) is 0 Å². The number of hydrogen-bond acceptors (Lipinski definition) is 4. The number of aryl methyl sites for hydroxylation is 3. The summed E-state index contributed by atoms with van der Waals surface area (Å²) in [6.07, 6.45) is -4.52. The maximum absolute atomic E-state index is 12.5. The van der Waals surface area contributed by atoms with Gasteiger partial charge in [0, 0.05) is 4.88 Å². The van der Waals surface area contributed by atoms with E-state index in [1.54, 1.807) is 0 Å². The third kappa shape index (κ3) is 3.38. The SMILES string of the molecule is Cc1nc(C(F)(F)F)ccc1C(=O)Nc1nc(C)c(C)s1. The van der Waals surface area contributed by atoms with Crippen LogP contribution in [0.4, 0.5) is 18.3 Å². The van der Waals surface area contributed by atoms with Gasteiger partial charge in [-0.2, -0.15) is 13.2 Å². The van der Waals surface area contributed by atoms with Crippen LogP contribution in [-0.4, -0.2) is 15.9 Å². The Kier molecular flexibility index (Phi) is 3.99. The van der Waals surface area contributed by atoms with Crippen molar-refractivity contribution in [2.45, 2.75) is 26.9 Å². The van der Waals surface area contributed by atoms with Crippen LogP contribution >= 0.6 is 11.3 Å². The molecule has 4 nitrogen and oxygen atoms in total. The minimum absolute atomic E-state index is 0.0207. The van der Waals surface area contributed by atoms with Gasteiger partial charge >= 0.3 is 6.18 Å². The Hall–Kier alpha value is -1.96. The molecule has 0 aliphatic rings. The predicted molar refractivity (Wildman–Crippen MR) is 73.5 cm³/mol. The number of anilines is 1. The first-order valence-electron chi connectivity index (χ1n) is 5.98. The second kappa shape index (κ2) is 5.44. The van der Waals surface area contributed by atoms with Crippen molar-refractivity contribution in [1.29, 1.82) is 0 Å². The van der Waals surface area contributed by atoms with Gasteiger partial charge in [-0.1, -0.05) is 0 Å². The van der Waals surface area contributed by atoms with Gasteiger partial charge in [0.2, 0.25) is 0 Å². The number of carbonyl (C=O) groups is 1. The molecule has 0 saturated heterocycles. The molecule has 0 spiro atoms. The summed E-state index contributed by atoms with van der Waals surface area (Å²) in [6.45, 7) is 5.04. The smallest absolute Gasteiger partial charge is 0.298 e. The Bertz CT molecular complexity index is 675. The van der Waals surface area contributed by atoms with E-state index in [0.29, 0.717) is 5.13 Å². The molecule has 112 valence electrons. The largest absolute Gasteiger partial charge is 0.433 e. The first-order chi connectivity index (χ1) is 9.68. The number of nitrogens with one attached hydrogen (secondary N) is 1. The first kappa shape index (κ1) is 15.4. The molecule has 0 aliphatic heterocycles. The summed E-state index contributed by atoms with van der Waals surface area (Å²) in [5.41, 5.74) is -0.101. The Balaban J connectivity index is 2.23. The normalized spacial score (nSPS) is 11.5. The molecule has 0 aromatic carbocycles. The number of halogens is 3. The zero-order chi connectivity index (χ0) is 15.8. The number of amides is 1. The van der Waals surface area contributed by atoms with Crippen LogP contribution in [0.2, 0.25) is 0 Å². The molecule has 1 amide bonds. The fourth-order valence-electron chi connectivity index (χ4n) is 1.65. The van der Waals surface area contributed by atoms with Crippen molar-refractivity contribution < 1.29 is 18.0 Å². The van der Waals surface area contributed by atoms with Crippen LogP contribution in [0.1, 0.15) is 32.3 Å². The van der Waals surface area contributed by atoms with Gasteiger partial charge in [0.15, 0.2) is 5.13 Å². The third-order valence-corrected chi connectivity index (χ3v) is 3.86. The molecule has 2 rings (SSSR count). The molecule has 2 aromatic rings. The van der Waals surface area contributed by atoms with Crippen molar-refractivity contribution in [3.05, 3.63) is 39.7 Å². The molecule has 0 fully saturated rings. The molecule has 0 saturated carbocycles. The summed E-state index contributed by atoms with van der Waals surface area (Å²) in [7, 11) is 0. The average molecular weight is 315 g/mol. The lowest BCUT2D eigenvalue weighted by Gasteiger charge is -2.09. The van der Waals surface area contributed by atoms with Gasteiger partial charge < -0.3 is 0 Å². The lowest BCUT2D eigenvalue weighted by atomic mass is 10.1. The van der Waals surface area contributed by atoms with Crippen LogP contribution in [0.15, 0.2) is 12.1 Å². The van der Waals surface area contributed by atoms with Crippen LogP contribution < -0.4 is 5.32 Å². The molecule has 0 aliphatic carbocycles. The summed E-state index contributed by atoms with van der Waals surface area (Å²) in [5, 5.41) is 2.98. The third-order valence-electron chi connectivity index (χ3n) is 2.87. The number of hydrogen-bond donors (Lipinski definition) is 1. The van der Waals surface area contributed by atoms with Gasteiger partial charge in [-0.05, 0) is 32.9 Å². The van der Waals surface area contributed by atoms with Gasteiger partial charge in [-0.3, -0.25) is 10.1 Å². The minimum Gasteiger partial charge on any atom is -0.298 e. The van der Waals surface area contributed by atoms with Gasteiger partial charge in [0.05, 0.1) is 17.0 Å². The second-order valence-electron chi connectivity index (χ2n) is 4.44. The monoisotopic (exact) mass is 315 g/mol. The van der Waals surface area contributed by atoms with E-state index >= 15 is 0 Å². The molecule has 0 bridgehead atoms. The zero-order valence-electron chi connectivity index (χ0n) is 11.5. The van der Waals surface area contributed by atoms with E-state index in [2.05, 4.69) is 15.3 Å². The fraction of sp³-hybridized carbons (Fsp3) is 0.308. The van der Waals surface area contributed by atoms with Gasteiger partial charge in [0.25, 0.3) is 5.91 Å². The molecule has 0 atom stereocenters. The van der Waals surface area contributed by atoms with Crippen molar-refractivity contribution in [2.75, 3.05) is 5.32 Å². The minimum atomic E-state index is -4.52. The van der Waals surface area contributed by atoms with Gasteiger partial charge in [-0.25, -0.2) is 9.97 Å². The van der Waals surface area contributed by atoms with Crippen LogP contribution in [0.3, 0.4) is 0 Å². The highest BCUT2D eigenvalue weighted by Gasteiger charge is 2.33. The summed E-state index contributed by atoms with van der Waals surface area (Å²) in [5.74, 6) is -0.525. The highest BCUT2D eigenvalue weighted by Crippen LogP contribution is 2.28. The molecule has 21 heavy (non-hydrogen) atoms. The Morgan fingerprint density at radius 3 is 2.29 bits per heavy atom. The quantitative estimate of drug-likeness (QED) is 0.918. The van der Waals surface area contributed by atoms with E-state index in [1.165, 1.54) is 18.3 Å². The lowest BCUT2D eigenvalue weighted by Crippen LogP contribution is -2.16. The molecule has 0 unspecified atom stereocenters. The molecule has 1 N–H and O–H groups in total. The number of rotatable bonds is 2. The summed E-state index contributed by atoms with van der Waals surface area (Å²) >= 11 is 1.31. The maximum atomic E-state index is 12.5. The number of thiazole rings is 1. The van der Waals surface area contributed by atoms with Gasteiger partial charge in [-0.15, -0.1) is 11.3 Å². The molecular weight excluding hydrogens is 303 g/mol. The zero-order valence-corrected chi connectivity index (χ0v) is 12.3. The number of carbonyl (C=O) groups excluding carboxylic acids is 1. The lowest BCUT2D eigenvalue weighted by molar-refractivity contribution is -0.141. The maximum Gasteiger partial charge on any atom is 0.433 e. The summed E-state index contributed by atoms with van der Waals surface area (Å²) in [4.78, 5) is 20.6. The molecule has 2 aromatic heterocycles. The predicted octanol–water partition coefficient (Wildman–Crippen LogP) is 3.73. The van der Waals surface area contributed by atoms with E-state index in [9.17, 15) is 18.0 Å². The van der Waals surface area contributed by atoms with Crippen molar-refractivity contribution in [3.8, 4) is 0 Å². The number of pyridine rings is 1. The van der Waals surface area contributed by atoms with Crippen LogP contribution in [0.5, 0.6) is 0 Å². The van der Waals surface area contributed by atoms with Crippen LogP contribution in [0, 0.1) is 20.8 Å². The highest BCUT2D eigenvalue weighted by molar-refractivity contribution is 7.15. The van der Waals surface area contributed by atoms with Gasteiger partial charge in [0.1, 0.15) is 5.69 Å². The van der Waals surface area contributed by atoms with E-state index < -0.39 is 17.8 Å². The standard InChI is InChI=1S/C13H12F3N3OS/c1-6-8(3)21-12(18-6)19-11(20)9-4-5-10(13(14,15)16)17-7(9)2/h4-5H,1-3H3,(H,18,19,20). The van der Waals surface area contributed by atoms with E-state index in [0.717, 1.165) is 22.7 Å². The summed E-state index contributed by atoms with van der Waals surface area (Å²) < 4.78 is 37.6. The summed E-state index contributed by atoms with van der Waals surface area (Å²) in [6, 6.07) is 1.91. The fourth-order valence-corrected chi connectivity index (χ4v) is 2.46. The number of alkyl halides is 3. The molecule has 0 radical (unpaired) electrons. The topological polar surface area (TPSA) is 54.9 Å². The van der Waals surface area contributed by atoms with Crippen molar-refractivity contribution in [3.63, 3.8) is 0 Å². The number of aromatic nitrogens is 2. The van der Waals surface area contributed by atoms with Crippen molar-refractivity contribution >= 4 is 22.4 Å².